The Morgan fingerprint density at radius 3 is 1.95 bits per heavy atom. The van der Waals surface area contributed by atoms with Crippen LogP contribution >= 0.6 is 15.9 Å². The van der Waals surface area contributed by atoms with E-state index in [4.69, 9.17) is 4.74 Å². The molecule has 0 bridgehead atoms. The highest BCUT2D eigenvalue weighted by Gasteiger charge is 2.13. The van der Waals surface area contributed by atoms with E-state index in [2.05, 4.69) is 29.8 Å². The SMILES string of the molecule is CCCCCCCCC(CCCCC)OC(=O)CBr. The third-order valence-corrected chi connectivity index (χ3v) is 3.87. The quantitative estimate of drug-likeness (QED) is 0.248. The summed E-state index contributed by atoms with van der Waals surface area (Å²) in [5.74, 6) is -0.118. The maximum absolute atomic E-state index is 11.4. The van der Waals surface area contributed by atoms with Crippen LogP contribution in [0.4, 0.5) is 0 Å². The Bertz CT molecular complexity index is 207. The first kappa shape index (κ1) is 18.9. The molecule has 0 spiro atoms. The lowest BCUT2D eigenvalue weighted by atomic mass is 10.0. The number of hydrogen-bond acceptors (Lipinski definition) is 2. The molecule has 0 saturated carbocycles. The highest BCUT2D eigenvalue weighted by molar-refractivity contribution is 9.09. The van der Waals surface area contributed by atoms with Crippen LogP contribution in [0.5, 0.6) is 0 Å². The number of carbonyl (C=O) groups excluding carboxylic acids is 1. The molecular formula is C16H31BrO2. The Morgan fingerprint density at radius 1 is 0.895 bits per heavy atom. The van der Waals surface area contributed by atoms with Crippen molar-refractivity contribution in [1.82, 2.24) is 0 Å². The summed E-state index contributed by atoms with van der Waals surface area (Å²) in [5, 5.41) is 0.313. The first-order chi connectivity index (χ1) is 9.24. The van der Waals surface area contributed by atoms with Crippen molar-refractivity contribution in [2.45, 2.75) is 90.6 Å². The van der Waals surface area contributed by atoms with Gasteiger partial charge < -0.3 is 4.74 Å². The highest BCUT2D eigenvalue weighted by Crippen LogP contribution is 2.16. The number of halogens is 1. The van der Waals surface area contributed by atoms with Gasteiger partial charge in [-0.3, -0.25) is 4.79 Å². The largest absolute Gasteiger partial charge is 0.462 e. The van der Waals surface area contributed by atoms with Crippen LogP contribution in [0, 0.1) is 0 Å². The summed E-state index contributed by atoms with van der Waals surface area (Å²) < 4.78 is 5.49. The summed E-state index contributed by atoms with van der Waals surface area (Å²) in [6.45, 7) is 4.44. The molecular weight excluding hydrogens is 304 g/mol. The molecule has 2 nitrogen and oxygen atoms in total. The fourth-order valence-electron chi connectivity index (χ4n) is 2.25. The monoisotopic (exact) mass is 334 g/mol. The van der Waals surface area contributed by atoms with Crippen molar-refractivity contribution in [3.8, 4) is 0 Å². The zero-order valence-electron chi connectivity index (χ0n) is 12.8. The Hall–Kier alpha value is -0.0500. The number of ether oxygens (including phenoxy) is 1. The molecule has 114 valence electrons. The molecule has 0 amide bonds. The number of alkyl halides is 1. The second-order valence-electron chi connectivity index (χ2n) is 5.30. The van der Waals surface area contributed by atoms with E-state index in [1.807, 2.05) is 0 Å². The van der Waals surface area contributed by atoms with Crippen LogP contribution in [-0.4, -0.2) is 17.4 Å². The molecule has 1 atom stereocenters. The number of esters is 1. The van der Waals surface area contributed by atoms with E-state index >= 15 is 0 Å². The van der Waals surface area contributed by atoms with Crippen LogP contribution in [0.15, 0.2) is 0 Å². The molecule has 0 aromatic heterocycles. The van der Waals surface area contributed by atoms with Crippen molar-refractivity contribution in [3.05, 3.63) is 0 Å². The minimum atomic E-state index is -0.118. The lowest BCUT2D eigenvalue weighted by molar-refractivity contribution is -0.146. The van der Waals surface area contributed by atoms with E-state index in [9.17, 15) is 4.79 Å². The van der Waals surface area contributed by atoms with Crippen molar-refractivity contribution < 1.29 is 9.53 Å². The molecule has 0 rings (SSSR count). The van der Waals surface area contributed by atoms with Gasteiger partial charge in [-0.25, -0.2) is 0 Å². The average molecular weight is 335 g/mol. The third kappa shape index (κ3) is 12.7. The van der Waals surface area contributed by atoms with Crippen molar-refractivity contribution in [2.75, 3.05) is 5.33 Å². The molecule has 0 aliphatic rings. The molecule has 0 aliphatic heterocycles. The molecule has 19 heavy (non-hydrogen) atoms. The van der Waals surface area contributed by atoms with Gasteiger partial charge in [0.2, 0.25) is 0 Å². The molecule has 1 unspecified atom stereocenters. The predicted molar refractivity (Wildman–Crippen MR) is 85.8 cm³/mol. The fraction of sp³-hybridized carbons (Fsp3) is 0.938. The second-order valence-corrected chi connectivity index (χ2v) is 5.86. The van der Waals surface area contributed by atoms with Crippen molar-refractivity contribution in [2.24, 2.45) is 0 Å². The smallest absolute Gasteiger partial charge is 0.316 e. The van der Waals surface area contributed by atoms with E-state index in [1.54, 1.807) is 0 Å². The molecule has 0 saturated heterocycles. The second kappa shape index (κ2) is 14.4. The summed E-state index contributed by atoms with van der Waals surface area (Å²) in [4.78, 5) is 11.4. The molecule has 0 aromatic rings. The van der Waals surface area contributed by atoms with Gasteiger partial charge >= 0.3 is 5.97 Å². The van der Waals surface area contributed by atoms with E-state index < -0.39 is 0 Å². The maximum Gasteiger partial charge on any atom is 0.316 e. The van der Waals surface area contributed by atoms with Gasteiger partial charge in [-0.05, 0) is 25.7 Å². The van der Waals surface area contributed by atoms with Crippen molar-refractivity contribution in [3.63, 3.8) is 0 Å². The predicted octanol–water partition coefficient (Wildman–Crippen LogP) is 5.62. The van der Waals surface area contributed by atoms with Gasteiger partial charge in [-0.15, -0.1) is 0 Å². The number of hydrogen-bond donors (Lipinski definition) is 0. The minimum Gasteiger partial charge on any atom is -0.462 e. The van der Waals surface area contributed by atoms with Gasteiger partial charge in [0.25, 0.3) is 0 Å². The van der Waals surface area contributed by atoms with Gasteiger partial charge in [-0.1, -0.05) is 74.7 Å². The number of unbranched alkanes of at least 4 members (excludes halogenated alkanes) is 7. The first-order valence-electron chi connectivity index (χ1n) is 8.00. The number of carbonyl (C=O) groups is 1. The Labute approximate surface area is 127 Å². The van der Waals surface area contributed by atoms with Crippen molar-refractivity contribution in [1.29, 1.82) is 0 Å². The van der Waals surface area contributed by atoms with E-state index in [0.29, 0.717) is 5.33 Å². The normalized spacial score (nSPS) is 12.4. The average Bonchev–Trinajstić information content (AvgIpc) is 2.42. The Kier molecular flexibility index (Phi) is 14.3. The summed E-state index contributed by atoms with van der Waals surface area (Å²) in [6.07, 6.45) is 13.6. The van der Waals surface area contributed by atoms with Gasteiger partial charge in [0.15, 0.2) is 0 Å². The molecule has 0 N–H and O–H groups in total. The minimum absolute atomic E-state index is 0.118. The molecule has 0 fully saturated rings. The van der Waals surface area contributed by atoms with Gasteiger partial charge in [-0.2, -0.15) is 0 Å². The molecule has 0 heterocycles. The standard InChI is InChI=1S/C16H31BrO2/c1-3-5-7-8-9-11-13-15(12-10-6-4-2)19-16(18)14-17/h15H,3-14H2,1-2H3. The molecule has 0 radical (unpaired) electrons. The van der Waals surface area contributed by atoms with Gasteiger partial charge in [0, 0.05) is 0 Å². The summed E-state index contributed by atoms with van der Waals surface area (Å²) >= 11 is 3.16. The van der Waals surface area contributed by atoms with E-state index in [-0.39, 0.29) is 12.1 Å². The fourth-order valence-corrected chi connectivity index (χ4v) is 2.39. The summed E-state index contributed by atoms with van der Waals surface area (Å²) in [5.41, 5.74) is 0. The summed E-state index contributed by atoms with van der Waals surface area (Å²) in [7, 11) is 0. The zero-order valence-corrected chi connectivity index (χ0v) is 14.3. The maximum atomic E-state index is 11.4. The molecule has 0 aromatic carbocycles. The Morgan fingerprint density at radius 2 is 1.37 bits per heavy atom. The topological polar surface area (TPSA) is 26.3 Å². The third-order valence-electron chi connectivity index (χ3n) is 3.42. The van der Waals surface area contributed by atoms with Crippen LogP contribution in [-0.2, 0) is 9.53 Å². The first-order valence-corrected chi connectivity index (χ1v) is 9.12. The lowest BCUT2D eigenvalue weighted by Gasteiger charge is -2.17. The van der Waals surface area contributed by atoms with Crippen molar-refractivity contribution >= 4 is 21.9 Å². The lowest BCUT2D eigenvalue weighted by Crippen LogP contribution is -2.19. The van der Waals surface area contributed by atoms with E-state index in [1.165, 1.54) is 57.8 Å². The van der Waals surface area contributed by atoms with Crippen LogP contribution in [0.3, 0.4) is 0 Å². The van der Waals surface area contributed by atoms with Crippen LogP contribution in [0.2, 0.25) is 0 Å². The van der Waals surface area contributed by atoms with Gasteiger partial charge in [0.05, 0.1) is 0 Å². The molecule has 3 heteroatoms. The van der Waals surface area contributed by atoms with Crippen LogP contribution in [0.1, 0.15) is 84.5 Å². The van der Waals surface area contributed by atoms with Crippen LogP contribution in [0.25, 0.3) is 0 Å². The summed E-state index contributed by atoms with van der Waals surface area (Å²) in [6, 6.07) is 0. The Balaban J connectivity index is 3.74. The molecule has 0 aliphatic carbocycles. The van der Waals surface area contributed by atoms with E-state index in [0.717, 1.165) is 12.8 Å². The highest BCUT2D eigenvalue weighted by atomic mass is 79.9. The van der Waals surface area contributed by atoms with Crippen LogP contribution < -0.4 is 0 Å². The number of rotatable bonds is 13. The zero-order chi connectivity index (χ0) is 14.3. The van der Waals surface area contributed by atoms with Gasteiger partial charge in [0.1, 0.15) is 11.4 Å².